The van der Waals surface area contributed by atoms with E-state index in [0.717, 1.165) is 52.8 Å². The molecule has 2 heterocycles. The number of H-pyrrole nitrogens is 1. The number of carbonyl (C=O) groups is 2. The van der Waals surface area contributed by atoms with E-state index in [4.69, 9.17) is 5.11 Å². The minimum absolute atomic E-state index is 0.0355. The standard InChI is InChI=1S/C24H26N2O4/c1-14-12-17(5-2-15(14)6-11-23(28)29)20(13-18-7-10-22(27)25-18)21-9-8-19(16-3-4-16)24(30)26-21/h2,5,8-9,12-13,16,18H,3-4,6-7,10-11H2,1H3,(H,25,27)(H,26,30)(H,28,29)/b20-13+/t18-/m1/s1. The minimum atomic E-state index is -0.815. The number of benzene rings is 1. The number of aromatic amines is 1. The van der Waals surface area contributed by atoms with Crippen LogP contribution in [0.4, 0.5) is 0 Å². The van der Waals surface area contributed by atoms with Gasteiger partial charge in [0.2, 0.25) is 5.91 Å². The number of hydrogen-bond acceptors (Lipinski definition) is 3. The number of pyridine rings is 1. The molecule has 6 heteroatoms. The number of aliphatic carboxylic acids is 1. The third-order valence-electron chi connectivity index (χ3n) is 5.91. The van der Waals surface area contributed by atoms with Gasteiger partial charge in [-0.2, -0.15) is 0 Å². The lowest BCUT2D eigenvalue weighted by Gasteiger charge is -2.15. The molecule has 1 aliphatic heterocycles. The molecule has 0 unspecified atom stereocenters. The number of aromatic nitrogens is 1. The van der Waals surface area contributed by atoms with Crippen molar-refractivity contribution in [2.75, 3.05) is 0 Å². The van der Waals surface area contributed by atoms with Gasteiger partial charge in [-0.1, -0.05) is 30.3 Å². The summed E-state index contributed by atoms with van der Waals surface area (Å²) in [5.41, 5.74) is 5.32. The van der Waals surface area contributed by atoms with Crippen LogP contribution in [0.3, 0.4) is 0 Å². The van der Waals surface area contributed by atoms with Crippen molar-refractivity contribution in [1.29, 1.82) is 0 Å². The summed E-state index contributed by atoms with van der Waals surface area (Å²) >= 11 is 0. The fourth-order valence-electron chi connectivity index (χ4n) is 4.05. The van der Waals surface area contributed by atoms with E-state index in [9.17, 15) is 14.4 Å². The summed E-state index contributed by atoms with van der Waals surface area (Å²) in [6, 6.07) is 9.72. The lowest BCUT2D eigenvalue weighted by atomic mass is 9.94. The summed E-state index contributed by atoms with van der Waals surface area (Å²) in [6.45, 7) is 1.97. The minimum Gasteiger partial charge on any atom is -0.481 e. The molecule has 1 saturated heterocycles. The second-order valence-corrected chi connectivity index (χ2v) is 8.26. The summed E-state index contributed by atoms with van der Waals surface area (Å²) < 4.78 is 0. The van der Waals surface area contributed by atoms with Gasteiger partial charge in [-0.05, 0) is 61.3 Å². The van der Waals surface area contributed by atoms with Crippen molar-refractivity contribution in [2.45, 2.75) is 57.4 Å². The van der Waals surface area contributed by atoms with Crippen LogP contribution in [0.1, 0.15) is 66.0 Å². The van der Waals surface area contributed by atoms with E-state index in [2.05, 4.69) is 10.3 Å². The second-order valence-electron chi connectivity index (χ2n) is 8.26. The Balaban J connectivity index is 1.70. The number of hydrogen-bond donors (Lipinski definition) is 3. The normalized spacial score (nSPS) is 19.0. The third kappa shape index (κ3) is 4.53. The van der Waals surface area contributed by atoms with Crippen LogP contribution < -0.4 is 10.9 Å². The van der Waals surface area contributed by atoms with Crippen LogP contribution in [0.15, 0.2) is 41.2 Å². The van der Waals surface area contributed by atoms with Crippen LogP contribution in [0, 0.1) is 6.92 Å². The highest BCUT2D eigenvalue weighted by Crippen LogP contribution is 2.38. The number of rotatable bonds is 7. The Morgan fingerprint density at radius 3 is 2.57 bits per heavy atom. The Labute approximate surface area is 175 Å². The molecule has 1 saturated carbocycles. The SMILES string of the molecule is Cc1cc(/C(=C\[C@H]2CCC(=O)N2)c2ccc(C3CC3)c(=O)[nH]2)ccc1CCC(=O)O. The maximum absolute atomic E-state index is 12.6. The van der Waals surface area contributed by atoms with Crippen LogP contribution in [0.2, 0.25) is 0 Å². The van der Waals surface area contributed by atoms with E-state index in [0.29, 0.717) is 18.8 Å². The zero-order chi connectivity index (χ0) is 21.3. The van der Waals surface area contributed by atoms with Gasteiger partial charge in [0, 0.05) is 35.7 Å². The van der Waals surface area contributed by atoms with Crippen LogP contribution in [-0.2, 0) is 16.0 Å². The summed E-state index contributed by atoms with van der Waals surface area (Å²) in [7, 11) is 0. The van der Waals surface area contributed by atoms with Crippen LogP contribution in [-0.4, -0.2) is 28.0 Å². The first-order chi connectivity index (χ1) is 14.4. The smallest absolute Gasteiger partial charge is 0.303 e. The topological polar surface area (TPSA) is 99.3 Å². The number of aryl methyl sites for hydroxylation is 2. The van der Waals surface area contributed by atoms with E-state index in [1.54, 1.807) is 0 Å². The molecule has 2 aromatic rings. The predicted octanol–water partition coefficient (Wildman–Crippen LogP) is 3.29. The Kier molecular flexibility index (Phi) is 5.57. The number of carboxylic acids is 1. The van der Waals surface area contributed by atoms with Crippen molar-refractivity contribution in [3.05, 3.63) is 74.7 Å². The fourth-order valence-corrected chi connectivity index (χ4v) is 4.05. The average Bonchev–Trinajstić information content (AvgIpc) is 3.46. The molecule has 30 heavy (non-hydrogen) atoms. The second kappa shape index (κ2) is 8.30. The lowest BCUT2D eigenvalue weighted by Crippen LogP contribution is -2.23. The third-order valence-corrected chi connectivity index (χ3v) is 5.91. The molecule has 1 amide bonds. The van der Waals surface area contributed by atoms with E-state index in [1.165, 1.54) is 0 Å². The molecule has 1 aromatic heterocycles. The molecule has 4 rings (SSSR count). The Bertz CT molecular complexity index is 1080. The van der Waals surface area contributed by atoms with Crippen molar-refractivity contribution in [2.24, 2.45) is 0 Å². The van der Waals surface area contributed by atoms with Gasteiger partial charge in [0.05, 0.1) is 0 Å². The zero-order valence-corrected chi connectivity index (χ0v) is 17.0. The van der Waals surface area contributed by atoms with Gasteiger partial charge in [0.15, 0.2) is 0 Å². The van der Waals surface area contributed by atoms with Crippen molar-refractivity contribution >= 4 is 17.4 Å². The van der Waals surface area contributed by atoms with Gasteiger partial charge in [-0.3, -0.25) is 14.4 Å². The molecular formula is C24H26N2O4. The van der Waals surface area contributed by atoms with E-state index >= 15 is 0 Å². The summed E-state index contributed by atoms with van der Waals surface area (Å²) in [5, 5.41) is 11.9. The fraction of sp³-hybridized carbons (Fsp3) is 0.375. The highest BCUT2D eigenvalue weighted by molar-refractivity contribution is 5.82. The largest absolute Gasteiger partial charge is 0.481 e. The quantitative estimate of drug-likeness (QED) is 0.657. The first-order valence-electron chi connectivity index (χ1n) is 10.5. The predicted molar refractivity (Wildman–Crippen MR) is 114 cm³/mol. The average molecular weight is 406 g/mol. The van der Waals surface area contributed by atoms with E-state index in [-0.39, 0.29) is 23.9 Å². The van der Waals surface area contributed by atoms with E-state index in [1.807, 2.05) is 43.3 Å². The Morgan fingerprint density at radius 1 is 1.17 bits per heavy atom. The number of nitrogens with one attached hydrogen (secondary N) is 2. The number of carbonyl (C=O) groups excluding carboxylic acids is 1. The van der Waals surface area contributed by atoms with Crippen molar-refractivity contribution in [1.82, 2.24) is 10.3 Å². The molecule has 1 aromatic carbocycles. The maximum atomic E-state index is 12.6. The molecule has 0 radical (unpaired) electrons. The highest BCUT2D eigenvalue weighted by atomic mass is 16.4. The molecule has 2 aliphatic rings. The van der Waals surface area contributed by atoms with Crippen LogP contribution in [0.5, 0.6) is 0 Å². The zero-order valence-electron chi connectivity index (χ0n) is 17.0. The Hall–Kier alpha value is -3.15. The maximum Gasteiger partial charge on any atom is 0.303 e. The lowest BCUT2D eigenvalue weighted by molar-refractivity contribution is -0.137. The van der Waals surface area contributed by atoms with E-state index < -0.39 is 5.97 Å². The molecule has 156 valence electrons. The molecule has 3 N–H and O–H groups in total. The summed E-state index contributed by atoms with van der Waals surface area (Å²) in [6.07, 6.45) is 5.94. The first-order valence-corrected chi connectivity index (χ1v) is 10.5. The summed E-state index contributed by atoms with van der Waals surface area (Å²) in [4.78, 5) is 38.2. The highest BCUT2D eigenvalue weighted by Gasteiger charge is 2.26. The Morgan fingerprint density at radius 2 is 1.97 bits per heavy atom. The van der Waals surface area contributed by atoms with Gasteiger partial charge in [-0.15, -0.1) is 0 Å². The van der Waals surface area contributed by atoms with Crippen LogP contribution >= 0.6 is 0 Å². The van der Waals surface area contributed by atoms with Crippen molar-refractivity contribution in [3.8, 4) is 0 Å². The number of amides is 1. The molecule has 6 nitrogen and oxygen atoms in total. The molecular weight excluding hydrogens is 380 g/mol. The number of carboxylic acid groups (broad SMARTS) is 1. The molecule has 1 atom stereocenters. The van der Waals surface area contributed by atoms with Crippen molar-refractivity contribution in [3.63, 3.8) is 0 Å². The molecule has 1 aliphatic carbocycles. The van der Waals surface area contributed by atoms with Crippen molar-refractivity contribution < 1.29 is 14.7 Å². The monoisotopic (exact) mass is 406 g/mol. The van der Waals surface area contributed by atoms with Gasteiger partial charge in [0.1, 0.15) is 0 Å². The molecule has 0 spiro atoms. The summed E-state index contributed by atoms with van der Waals surface area (Å²) in [5.74, 6) is -0.405. The first kappa shape index (κ1) is 20.1. The molecule has 2 fully saturated rings. The van der Waals surface area contributed by atoms with Crippen LogP contribution in [0.25, 0.3) is 5.57 Å². The van der Waals surface area contributed by atoms with Gasteiger partial charge in [-0.25, -0.2) is 0 Å². The van der Waals surface area contributed by atoms with Gasteiger partial charge < -0.3 is 15.4 Å². The van der Waals surface area contributed by atoms with Gasteiger partial charge in [0.25, 0.3) is 5.56 Å². The van der Waals surface area contributed by atoms with Gasteiger partial charge >= 0.3 is 5.97 Å². The molecule has 0 bridgehead atoms.